The molecule has 0 spiro atoms. The fourth-order valence-electron chi connectivity index (χ4n) is 3.77. The molecule has 1 N–H and O–H groups in total. The summed E-state index contributed by atoms with van der Waals surface area (Å²) in [5.41, 5.74) is 3.24. The first-order chi connectivity index (χ1) is 12.2. The van der Waals surface area contributed by atoms with E-state index in [9.17, 15) is 4.79 Å². The van der Waals surface area contributed by atoms with Crippen LogP contribution in [0, 0.1) is 5.92 Å². The van der Waals surface area contributed by atoms with Gasteiger partial charge in [-0.2, -0.15) is 0 Å². The van der Waals surface area contributed by atoms with Crippen LogP contribution in [-0.4, -0.2) is 28.8 Å². The SMILES string of the molecule is O=C(c1ccc(Cl)cc1)[C@H]1CCCN(Cc2c[nH]c3ccccc23)C1. The summed E-state index contributed by atoms with van der Waals surface area (Å²) in [6.07, 6.45) is 4.12. The minimum absolute atomic E-state index is 0.0696. The zero-order valence-electron chi connectivity index (χ0n) is 14.0. The first-order valence-corrected chi connectivity index (χ1v) is 9.15. The van der Waals surface area contributed by atoms with Crippen molar-refractivity contribution in [2.45, 2.75) is 19.4 Å². The molecule has 0 saturated carbocycles. The molecule has 0 bridgehead atoms. The summed E-state index contributed by atoms with van der Waals surface area (Å²) in [6, 6.07) is 15.6. The number of piperidine rings is 1. The quantitative estimate of drug-likeness (QED) is 0.677. The Morgan fingerprint density at radius 2 is 1.96 bits per heavy atom. The second-order valence-corrected chi connectivity index (χ2v) is 7.24. The van der Waals surface area contributed by atoms with E-state index in [1.807, 2.05) is 18.2 Å². The molecule has 3 aromatic rings. The molecule has 3 nitrogen and oxygen atoms in total. The van der Waals surface area contributed by atoms with Gasteiger partial charge in [0.05, 0.1) is 0 Å². The largest absolute Gasteiger partial charge is 0.361 e. The summed E-state index contributed by atoms with van der Waals surface area (Å²) in [6.45, 7) is 2.75. The molecule has 0 radical (unpaired) electrons. The Labute approximate surface area is 152 Å². The van der Waals surface area contributed by atoms with E-state index in [2.05, 4.69) is 34.3 Å². The number of nitrogens with one attached hydrogen (secondary N) is 1. The number of H-pyrrole nitrogens is 1. The highest BCUT2D eigenvalue weighted by Gasteiger charge is 2.26. The lowest BCUT2D eigenvalue weighted by Crippen LogP contribution is -2.38. The third kappa shape index (κ3) is 3.48. The summed E-state index contributed by atoms with van der Waals surface area (Å²) >= 11 is 5.93. The number of likely N-dealkylation sites (tertiary alicyclic amines) is 1. The number of para-hydroxylation sites is 1. The third-order valence-electron chi connectivity index (χ3n) is 5.07. The van der Waals surface area contributed by atoms with Gasteiger partial charge in [0.2, 0.25) is 0 Å². The van der Waals surface area contributed by atoms with Crippen molar-refractivity contribution < 1.29 is 4.79 Å². The van der Waals surface area contributed by atoms with Gasteiger partial charge in [0.25, 0.3) is 0 Å². The molecule has 0 aliphatic carbocycles. The van der Waals surface area contributed by atoms with Crippen LogP contribution in [0.15, 0.2) is 54.7 Å². The molecule has 1 aromatic heterocycles. The fraction of sp³-hybridized carbons (Fsp3) is 0.286. The molecule has 25 heavy (non-hydrogen) atoms. The monoisotopic (exact) mass is 352 g/mol. The Kier molecular flexibility index (Phi) is 4.60. The zero-order valence-corrected chi connectivity index (χ0v) is 14.8. The average molecular weight is 353 g/mol. The number of benzene rings is 2. The van der Waals surface area contributed by atoms with Gasteiger partial charge >= 0.3 is 0 Å². The molecule has 2 aromatic carbocycles. The minimum atomic E-state index is 0.0696. The molecule has 0 amide bonds. The molecule has 2 heterocycles. The fourth-order valence-corrected chi connectivity index (χ4v) is 3.89. The van der Waals surface area contributed by atoms with Crippen molar-refractivity contribution in [1.82, 2.24) is 9.88 Å². The highest BCUT2D eigenvalue weighted by molar-refractivity contribution is 6.30. The zero-order chi connectivity index (χ0) is 17.2. The summed E-state index contributed by atoms with van der Waals surface area (Å²) < 4.78 is 0. The second-order valence-electron chi connectivity index (χ2n) is 6.80. The number of aromatic amines is 1. The maximum absolute atomic E-state index is 12.8. The average Bonchev–Trinajstić information content (AvgIpc) is 3.05. The van der Waals surface area contributed by atoms with Gasteiger partial charge in [-0.25, -0.2) is 0 Å². The van der Waals surface area contributed by atoms with Crippen molar-refractivity contribution in [1.29, 1.82) is 0 Å². The van der Waals surface area contributed by atoms with Gasteiger partial charge in [0, 0.05) is 46.7 Å². The highest BCUT2D eigenvalue weighted by atomic mass is 35.5. The Hall–Kier alpha value is -2.10. The predicted molar refractivity (Wildman–Crippen MR) is 102 cm³/mol. The van der Waals surface area contributed by atoms with Crippen LogP contribution in [0.4, 0.5) is 0 Å². The first kappa shape index (κ1) is 16.4. The van der Waals surface area contributed by atoms with Crippen molar-refractivity contribution in [2.75, 3.05) is 13.1 Å². The molecular weight excluding hydrogens is 332 g/mol. The molecular formula is C21H21ClN2O. The topological polar surface area (TPSA) is 36.1 Å². The predicted octanol–water partition coefficient (Wildman–Crippen LogP) is 4.92. The van der Waals surface area contributed by atoms with Gasteiger partial charge in [-0.3, -0.25) is 9.69 Å². The number of carbonyl (C=O) groups is 1. The molecule has 1 fully saturated rings. The van der Waals surface area contributed by atoms with Crippen LogP contribution in [0.3, 0.4) is 0 Å². The Morgan fingerprint density at radius 1 is 1.16 bits per heavy atom. The van der Waals surface area contributed by atoms with Crippen LogP contribution in [-0.2, 0) is 6.54 Å². The summed E-state index contributed by atoms with van der Waals surface area (Å²) in [7, 11) is 0. The lowest BCUT2D eigenvalue weighted by molar-refractivity contribution is 0.0812. The Balaban J connectivity index is 1.47. The molecule has 1 aliphatic rings. The van der Waals surface area contributed by atoms with E-state index in [0.29, 0.717) is 5.02 Å². The number of hydrogen-bond acceptors (Lipinski definition) is 2. The first-order valence-electron chi connectivity index (χ1n) is 8.78. The van der Waals surface area contributed by atoms with Gasteiger partial charge in [0.1, 0.15) is 0 Å². The van der Waals surface area contributed by atoms with Crippen molar-refractivity contribution >= 4 is 28.3 Å². The smallest absolute Gasteiger partial charge is 0.167 e. The van der Waals surface area contributed by atoms with E-state index in [1.54, 1.807) is 12.1 Å². The van der Waals surface area contributed by atoms with Crippen LogP contribution in [0.25, 0.3) is 10.9 Å². The van der Waals surface area contributed by atoms with Crippen molar-refractivity contribution in [2.24, 2.45) is 5.92 Å². The standard InChI is InChI=1S/C21H21ClN2O/c22-18-9-7-15(8-10-18)21(25)16-4-3-11-24(13-16)14-17-12-23-20-6-2-1-5-19(17)20/h1-2,5-10,12,16,23H,3-4,11,13-14H2/t16-/m0/s1. The van der Waals surface area contributed by atoms with Gasteiger partial charge < -0.3 is 4.98 Å². The van der Waals surface area contributed by atoms with Crippen LogP contribution in [0.1, 0.15) is 28.8 Å². The number of nitrogens with zero attached hydrogens (tertiary/aromatic N) is 1. The summed E-state index contributed by atoms with van der Waals surface area (Å²) in [5, 5.41) is 1.94. The van der Waals surface area contributed by atoms with E-state index in [1.165, 1.54) is 16.5 Å². The third-order valence-corrected chi connectivity index (χ3v) is 5.33. The number of aromatic nitrogens is 1. The minimum Gasteiger partial charge on any atom is -0.361 e. The van der Waals surface area contributed by atoms with Crippen LogP contribution < -0.4 is 0 Å². The maximum Gasteiger partial charge on any atom is 0.167 e. The molecule has 4 rings (SSSR count). The molecule has 1 saturated heterocycles. The Bertz CT molecular complexity index is 884. The summed E-state index contributed by atoms with van der Waals surface area (Å²) in [5.74, 6) is 0.306. The van der Waals surface area contributed by atoms with Crippen molar-refractivity contribution in [3.63, 3.8) is 0 Å². The molecule has 128 valence electrons. The number of halogens is 1. The summed E-state index contributed by atoms with van der Waals surface area (Å²) in [4.78, 5) is 18.5. The van der Waals surface area contributed by atoms with E-state index in [-0.39, 0.29) is 11.7 Å². The van der Waals surface area contributed by atoms with E-state index in [0.717, 1.165) is 38.0 Å². The lowest BCUT2D eigenvalue weighted by Gasteiger charge is -2.31. The molecule has 1 aliphatic heterocycles. The van der Waals surface area contributed by atoms with Crippen LogP contribution in [0.2, 0.25) is 5.02 Å². The number of Topliss-reactive ketones (excluding diaryl/α,β-unsaturated/α-hetero) is 1. The van der Waals surface area contributed by atoms with E-state index < -0.39 is 0 Å². The number of rotatable bonds is 4. The van der Waals surface area contributed by atoms with Gasteiger partial charge in [-0.15, -0.1) is 0 Å². The Morgan fingerprint density at radius 3 is 2.80 bits per heavy atom. The molecule has 0 unspecified atom stereocenters. The van der Waals surface area contributed by atoms with Gasteiger partial charge in [0.15, 0.2) is 5.78 Å². The van der Waals surface area contributed by atoms with E-state index in [4.69, 9.17) is 11.6 Å². The normalized spacial score (nSPS) is 18.5. The van der Waals surface area contributed by atoms with Crippen LogP contribution >= 0.6 is 11.6 Å². The van der Waals surface area contributed by atoms with Crippen LogP contribution in [0.5, 0.6) is 0 Å². The number of hydrogen-bond donors (Lipinski definition) is 1. The van der Waals surface area contributed by atoms with E-state index >= 15 is 0 Å². The number of ketones is 1. The second kappa shape index (κ2) is 7.03. The van der Waals surface area contributed by atoms with Crippen molar-refractivity contribution in [3.05, 3.63) is 70.9 Å². The number of carbonyl (C=O) groups excluding carboxylic acids is 1. The maximum atomic E-state index is 12.8. The molecule has 4 heteroatoms. The highest BCUT2D eigenvalue weighted by Crippen LogP contribution is 2.25. The van der Waals surface area contributed by atoms with Gasteiger partial charge in [-0.05, 0) is 55.3 Å². The van der Waals surface area contributed by atoms with Gasteiger partial charge in [-0.1, -0.05) is 29.8 Å². The lowest BCUT2D eigenvalue weighted by atomic mass is 9.90. The number of fused-ring (bicyclic) bond motifs is 1. The molecule has 1 atom stereocenters. The van der Waals surface area contributed by atoms with Crippen molar-refractivity contribution in [3.8, 4) is 0 Å².